The van der Waals surface area contributed by atoms with Crippen molar-refractivity contribution in [2.45, 2.75) is 6.54 Å². The molecule has 0 bridgehead atoms. The Morgan fingerprint density at radius 3 is 2.78 bits per heavy atom. The molecule has 0 radical (unpaired) electrons. The van der Waals surface area contributed by atoms with E-state index in [1.807, 2.05) is 0 Å². The Labute approximate surface area is 137 Å². The summed E-state index contributed by atoms with van der Waals surface area (Å²) >= 11 is 6.91. The summed E-state index contributed by atoms with van der Waals surface area (Å²) in [5.74, 6) is -0.282. The number of hydrogen-bond acceptors (Lipinski definition) is 6. The number of non-ortho nitro benzene ring substituents is 1. The van der Waals surface area contributed by atoms with Gasteiger partial charge in [-0.25, -0.2) is 4.98 Å². The summed E-state index contributed by atoms with van der Waals surface area (Å²) in [6.07, 6.45) is 1.25. The van der Waals surface area contributed by atoms with Crippen molar-refractivity contribution < 1.29 is 9.72 Å². The monoisotopic (exact) mass is 349 g/mol. The van der Waals surface area contributed by atoms with E-state index in [0.29, 0.717) is 14.7 Å². The van der Waals surface area contributed by atoms with Gasteiger partial charge in [-0.3, -0.25) is 24.3 Å². The minimum atomic E-state index is -0.588. The molecule has 116 valence electrons. The number of aromatic nitrogens is 2. The highest BCUT2D eigenvalue weighted by molar-refractivity contribution is 7.18. The predicted octanol–water partition coefficient (Wildman–Crippen LogP) is 2.90. The Morgan fingerprint density at radius 1 is 1.35 bits per heavy atom. The van der Waals surface area contributed by atoms with Crippen LogP contribution in [-0.2, 0) is 6.54 Å². The molecule has 9 heteroatoms. The molecule has 2 aromatic heterocycles. The zero-order valence-electron chi connectivity index (χ0n) is 11.4. The molecule has 0 spiro atoms. The maximum Gasteiger partial charge on any atom is 0.270 e. The largest absolute Gasteiger partial charge is 0.291 e. The molecule has 0 atom stereocenters. The Kier molecular flexibility index (Phi) is 3.93. The molecule has 0 amide bonds. The Balaban J connectivity index is 2.01. The molecule has 0 aliphatic carbocycles. The molecule has 2 heterocycles. The van der Waals surface area contributed by atoms with Gasteiger partial charge in [-0.05, 0) is 18.2 Å². The normalized spacial score (nSPS) is 10.8. The smallest absolute Gasteiger partial charge is 0.270 e. The molecule has 23 heavy (non-hydrogen) atoms. The SMILES string of the molecule is O=C(Cn1cnc2ccc([N+](=O)[O-])cc2c1=O)c1ccc(Cl)s1. The summed E-state index contributed by atoms with van der Waals surface area (Å²) < 4.78 is 1.61. The van der Waals surface area contributed by atoms with Crippen molar-refractivity contribution in [3.63, 3.8) is 0 Å². The van der Waals surface area contributed by atoms with E-state index in [0.717, 1.165) is 22.0 Å². The maximum atomic E-state index is 12.4. The maximum absolute atomic E-state index is 12.4. The number of hydrogen-bond donors (Lipinski definition) is 0. The summed E-state index contributed by atoms with van der Waals surface area (Å²) in [4.78, 5) is 39.3. The van der Waals surface area contributed by atoms with Crippen molar-refractivity contribution in [1.82, 2.24) is 9.55 Å². The molecule has 0 N–H and O–H groups in total. The van der Waals surface area contributed by atoms with Crippen molar-refractivity contribution in [2.24, 2.45) is 0 Å². The number of nitro benzene ring substituents is 1. The van der Waals surface area contributed by atoms with Crippen molar-refractivity contribution in [1.29, 1.82) is 0 Å². The van der Waals surface area contributed by atoms with Gasteiger partial charge in [0.25, 0.3) is 11.2 Å². The van der Waals surface area contributed by atoms with Gasteiger partial charge in [0.1, 0.15) is 0 Å². The fourth-order valence-electron chi connectivity index (χ4n) is 2.07. The van der Waals surface area contributed by atoms with E-state index in [4.69, 9.17) is 11.6 Å². The molecule has 0 saturated carbocycles. The molecule has 0 fully saturated rings. The van der Waals surface area contributed by atoms with E-state index in [2.05, 4.69) is 4.98 Å². The molecule has 3 rings (SSSR count). The third-order valence-corrected chi connectivity index (χ3v) is 4.45. The fraction of sp³-hybridized carbons (Fsp3) is 0.0714. The van der Waals surface area contributed by atoms with E-state index in [1.165, 1.54) is 18.5 Å². The number of carbonyl (C=O) groups excluding carboxylic acids is 1. The first-order valence-corrected chi connectivity index (χ1v) is 7.57. The number of thiophene rings is 1. The number of fused-ring (bicyclic) bond motifs is 1. The van der Waals surface area contributed by atoms with Crippen LogP contribution in [0.15, 0.2) is 41.5 Å². The van der Waals surface area contributed by atoms with Gasteiger partial charge in [0, 0.05) is 12.1 Å². The van der Waals surface area contributed by atoms with E-state index in [-0.39, 0.29) is 23.4 Å². The highest BCUT2D eigenvalue weighted by atomic mass is 35.5. The van der Waals surface area contributed by atoms with Crippen LogP contribution < -0.4 is 5.56 Å². The van der Waals surface area contributed by atoms with Gasteiger partial charge in [0.2, 0.25) is 0 Å². The summed E-state index contributed by atoms with van der Waals surface area (Å²) in [6.45, 7) is -0.207. The zero-order chi connectivity index (χ0) is 16.6. The summed E-state index contributed by atoms with van der Waals surface area (Å²) in [6, 6.07) is 7.02. The molecule has 3 aromatic rings. The van der Waals surface area contributed by atoms with Crippen molar-refractivity contribution in [2.75, 3.05) is 0 Å². The van der Waals surface area contributed by atoms with Crippen LogP contribution in [0.25, 0.3) is 10.9 Å². The summed E-state index contributed by atoms with van der Waals surface area (Å²) in [5, 5.41) is 10.9. The average Bonchev–Trinajstić information content (AvgIpc) is 2.96. The van der Waals surface area contributed by atoms with Gasteiger partial charge in [-0.2, -0.15) is 0 Å². The lowest BCUT2D eigenvalue weighted by Crippen LogP contribution is -2.24. The molecule has 0 aliphatic heterocycles. The summed E-state index contributed by atoms with van der Waals surface area (Å²) in [7, 11) is 0. The number of rotatable bonds is 4. The number of nitro groups is 1. The third-order valence-electron chi connectivity index (χ3n) is 3.18. The van der Waals surface area contributed by atoms with E-state index < -0.39 is 10.5 Å². The Bertz CT molecular complexity index is 995. The average molecular weight is 350 g/mol. The van der Waals surface area contributed by atoms with Crippen molar-refractivity contribution in [3.05, 3.63) is 66.3 Å². The predicted molar refractivity (Wildman–Crippen MR) is 86.3 cm³/mol. The standard InChI is InChI=1S/C14H8ClN3O4S/c15-13-4-3-12(23-13)11(19)6-17-7-16-10-2-1-8(18(21)22)5-9(10)14(17)20/h1-5,7H,6H2. The molecular weight excluding hydrogens is 342 g/mol. The summed E-state index contributed by atoms with van der Waals surface area (Å²) in [5.41, 5.74) is -0.372. The van der Waals surface area contributed by atoms with Crippen LogP contribution in [0.1, 0.15) is 9.67 Å². The first-order chi connectivity index (χ1) is 11.0. The zero-order valence-corrected chi connectivity index (χ0v) is 13.0. The minimum absolute atomic E-state index is 0.0960. The molecular formula is C14H8ClN3O4S. The topological polar surface area (TPSA) is 95.1 Å². The van der Waals surface area contributed by atoms with Gasteiger partial charge in [0.05, 0.1) is 37.9 Å². The number of Topliss-reactive ketones (excluding diaryl/α,β-unsaturated/α-hetero) is 1. The number of carbonyl (C=O) groups is 1. The second kappa shape index (κ2) is 5.90. The fourth-order valence-corrected chi connectivity index (χ4v) is 3.04. The quantitative estimate of drug-likeness (QED) is 0.410. The lowest BCUT2D eigenvalue weighted by atomic mass is 10.2. The Morgan fingerprint density at radius 2 is 2.13 bits per heavy atom. The highest BCUT2D eigenvalue weighted by Crippen LogP contribution is 2.22. The van der Waals surface area contributed by atoms with Gasteiger partial charge < -0.3 is 0 Å². The third kappa shape index (κ3) is 2.99. The van der Waals surface area contributed by atoms with Gasteiger partial charge >= 0.3 is 0 Å². The van der Waals surface area contributed by atoms with Crippen molar-refractivity contribution in [3.8, 4) is 0 Å². The van der Waals surface area contributed by atoms with E-state index in [9.17, 15) is 19.7 Å². The molecule has 7 nitrogen and oxygen atoms in total. The number of benzene rings is 1. The van der Waals surface area contributed by atoms with Crippen LogP contribution >= 0.6 is 22.9 Å². The molecule has 0 unspecified atom stereocenters. The number of halogens is 1. The highest BCUT2D eigenvalue weighted by Gasteiger charge is 2.14. The van der Waals surface area contributed by atoms with Crippen LogP contribution in [0.3, 0.4) is 0 Å². The van der Waals surface area contributed by atoms with Crippen LogP contribution in [0.2, 0.25) is 4.34 Å². The molecule has 0 saturated heterocycles. The van der Waals surface area contributed by atoms with Crippen LogP contribution in [0, 0.1) is 10.1 Å². The lowest BCUT2D eigenvalue weighted by molar-refractivity contribution is -0.384. The molecule has 1 aromatic carbocycles. The van der Waals surface area contributed by atoms with Gasteiger partial charge in [-0.1, -0.05) is 11.6 Å². The number of nitrogens with zero attached hydrogens (tertiary/aromatic N) is 3. The second-order valence-corrected chi connectivity index (χ2v) is 6.38. The van der Waals surface area contributed by atoms with Crippen molar-refractivity contribution >= 4 is 45.3 Å². The van der Waals surface area contributed by atoms with Crippen LogP contribution in [0.5, 0.6) is 0 Å². The lowest BCUT2D eigenvalue weighted by Gasteiger charge is -2.05. The first-order valence-electron chi connectivity index (χ1n) is 6.38. The van der Waals surface area contributed by atoms with Crippen LogP contribution in [0.4, 0.5) is 5.69 Å². The molecule has 0 aliphatic rings. The Hall–Kier alpha value is -2.58. The minimum Gasteiger partial charge on any atom is -0.291 e. The van der Waals surface area contributed by atoms with Gasteiger partial charge in [-0.15, -0.1) is 11.3 Å². The first kappa shape index (κ1) is 15.3. The van der Waals surface area contributed by atoms with E-state index >= 15 is 0 Å². The van der Waals surface area contributed by atoms with E-state index in [1.54, 1.807) is 12.1 Å². The van der Waals surface area contributed by atoms with Crippen LogP contribution in [-0.4, -0.2) is 20.3 Å². The number of ketones is 1. The second-order valence-electron chi connectivity index (χ2n) is 4.66. The van der Waals surface area contributed by atoms with Gasteiger partial charge in [0.15, 0.2) is 5.78 Å².